The van der Waals surface area contributed by atoms with Crippen molar-refractivity contribution in [3.05, 3.63) is 35.1 Å². The molecule has 1 aromatic carbocycles. The lowest BCUT2D eigenvalue weighted by Gasteiger charge is -2.15. The van der Waals surface area contributed by atoms with Gasteiger partial charge in [0.15, 0.2) is 6.29 Å². The molecule has 0 aromatic heterocycles. The van der Waals surface area contributed by atoms with Gasteiger partial charge < -0.3 is 19.7 Å². The van der Waals surface area contributed by atoms with Crippen LogP contribution in [0.3, 0.4) is 0 Å². The molecule has 0 fully saturated rings. The van der Waals surface area contributed by atoms with E-state index < -0.39 is 6.10 Å². The summed E-state index contributed by atoms with van der Waals surface area (Å²) in [4.78, 5) is 11.0. The van der Waals surface area contributed by atoms with Gasteiger partial charge in [-0.05, 0) is 30.4 Å². The van der Waals surface area contributed by atoms with E-state index in [9.17, 15) is 15.0 Å². The van der Waals surface area contributed by atoms with Gasteiger partial charge in [0.2, 0.25) is 0 Å². The Bertz CT molecular complexity index is 610. The highest BCUT2D eigenvalue weighted by atomic mass is 16.5. The minimum absolute atomic E-state index is 0.0312. The summed E-state index contributed by atoms with van der Waals surface area (Å²) in [6.45, 7) is 8.05. The van der Waals surface area contributed by atoms with Gasteiger partial charge in [0, 0.05) is 11.1 Å². The lowest BCUT2D eigenvalue weighted by molar-refractivity contribution is -0.117. The second-order valence-corrected chi connectivity index (χ2v) is 5.65. The lowest BCUT2D eigenvalue weighted by Crippen LogP contribution is -1.99. The Morgan fingerprint density at radius 1 is 1.57 bits per heavy atom. The Morgan fingerprint density at radius 3 is 2.86 bits per heavy atom. The number of ether oxygens (including phenoxy) is 1. The molecule has 1 aromatic rings. The SMILES string of the molecule is C=C=C(CCC(C)C)c1c(O)cc2c(c1O)C(C=O)OC2. The molecule has 2 N–H and O–H groups in total. The Hall–Kier alpha value is -2.03. The molecule has 21 heavy (non-hydrogen) atoms. The maximum Gasteiger partial charge on any atom is 0.153 e. The Labute approximate surface area is 124 Å². The Morgan fingerprint density at radius 2 is 2.29 bits per heavy atom. The quantitative estimate of drug-likeness (QED) is 0.643. The number of allylic oxidation sites excluding steroid dienone is 1. The van der Waals surface area contributed by atoms with Crippen molar-refractivity contribution in [1.82, 2.24) is 0 Å². The summed E-state index contributed by atoms with van der Waals surface area (Å²) in [6.07, 6.45) is 1.41. The summed E-state index contributed by atoms with van der Waals surface area (Å²) < 4.78 is 5.29. The number of carbonyl (C=O) groups excluding carboxylic acids is 1. The molecule has 0 amide bonds. The number of rotatable bonds is 5. The second-order valence-electron chi connectivity index (χ2n) is 5.65. The van der Waals surface area contributed by atoms with Crippen LogP contribution in [0.25, 0.3) is 5.57 Å². The zero-order chi connectivity index (χ0) is 15.6. The number of hydrogen-bond donors (Lipinski definition) is 2. The van der Waals surface area contributed by atoms with Gasteiger partial charge in [0.25, 0.3) is 0 Å². The van der Waals surface area contributed by atoms with Gasteiger partial charge in [-0.25, -0.2) is 0 Å². The van der Waals surface area contributed by atoms with Crippen LogP contribution in [0.15, 0.2) is 18.4 Å². The largest absolute Gasteiger partial charge is 0.507 e. The zero-order valence-corrected chi connectivity index (χ0v) is 12.3. The number of fused-ring (bicyclic) bond motifs is 1. The van der Waals surface area contributed by atoms with Crippen molar-refractivity contribution in [1.29, 1.82) is 0 Å². The fraction of sp³-hybridized carbons (Fsp3) is 0.412. The monoisotopic (exact) mass is 288 g/mol. The molecule has 1 aliphatic rings. The van der Waals surface area contributed by atoms with Crippen LogP contribution in [-0.2, 0) is 16.1 Å². The van der Waals surface area contributed by atoms with Crippen molar-refractivity contribution < 1.29 is 19.7 Å². The topological polar surface area (TPSA) is 66.8 Å². The molecular formula is C17H20O4. The Balaban J connectivity index is 2.49. The van der Waals surface area contributed by atoms with E-state index in [0.717, 1.165) is 6.42 Å². The molecule has 0 aliphatic carbocycles. The van der Waals surface area contributed by atoms with Crippen molar-refractivity contribution in [2.24, 2.45) is 5.92 Å². The fourth-order valence-electron chi connectivity index (χ4n) is 2.56. The van der Waals surface area contributed by atoms with Crippen molar-refractivity contribution in [2.45, 2.75) is 39.4 Å². The highest BCUT2D eigenvalue weighted by Gasteiger charge is 2.30. The molecule has 1 unspecified atom stereocenters. The summed E-state index contributed by atoms with van der Waals surface area (Å²) >= 11 is 0. The number of aldehydes is 1. The van der Waals surface area contributed by atoms with Gasteiger partial charge in [-0.2, -0.15) is 0 Å². The van der Waals surface area contributed by atoms with Crippen LogP contribution in [-0.4, -0.2) is 16.5 Å². The number of phenols is 2. The van der Waals surface area contributed by atoms with Crippen molar-refractivity contribution in [3.8, 4) is 11.5 Å². The van der Waals surface area contributed by atoms with E-state index in [1.165, 1.54) is 0 Å². The summed E-state index contributed by atoms with van der Waals surface area (Å²) in [5.41, 5.74) is 4.83. The highest BCUT2D eigenvalue weighted by molar-refractivity contribution is 5.79. The normalized spacial score (nSPS) is 16.6. The maximum absolute atomic E-state index is 11.0. The highest BCUT2D eigenvalue weighted by Crippen LogP contribution is 2.45. The standard InChI is InChI=1S/C17H20O4/c1-4-11(6-5-10(2)3)15-13(19)7-12-9-21-14(8-18)16(12)17(15)20/h7-8,10,14,19-20H,1,5-6,9H2,2-3H3. The molecule has 0 radical (unpaired) electrons. The first-order valence-electron chi connectivity index (χ1n) is 7.03. The first kappa shape index (κ1) is 15.4. The minimum atomic E-state index is -0.782. The number of aromatic hydroxyl groups is 2. The van der Waals surface area contributed by atoms with E-state index in [2.05, 4.69) is 26.2 Å². The van der Waals surface area contributed by atoms with Crippen LogP contribution in [0.1, 0.15) is 49.5 Å². The van der Waals surface area contributed by atoms with Crippen molar-refractivity contribution in [3.63, 3.8) is 0 Å². The predicted molar refractivity (Wildman–Crippen MR) is 80.0 cm³/mol. The van der Waals surface area contributed by atoms with Crippen LogP contribution in [0.4, 0.5) is 0 Å². The number of carbonyl (C=O) groups is 1. The molecule has 0 spiro atoms. The Kier molecular flexibility index (Phi) is 4.51. The van der Waals surface area contributed by atoms with Gasteiger partial charge in [-0.3, -0.25) is 0 Å². The molecule has 0 bridgehead atoms. The van der Waals surface area contributed by atoms with Gasteiger partial charge in [-0.1, -0.05) is 20.4 Å². The average molecular weight is 288 g/mol. The molecular weight excluding hydrogens is 268 g/mol. The lowest BCUT2D eigenvalue weighted by atomic mass is 9.92. The third-order valence-corrected chi connectivity index (χ3v) is 3.72. The average Bonchev–Trinajstić information content (AvgIpc) is 2.84. The smallest absolute Gasteiger partial charge is 0.153 e. The van der Waals surface area contributed by atoms with Crippen LogP contribution in [0.5, 0.6) is 11.5 Å². The molecule has 4 nitrogen and oxygen atoms in total. The van der Waals surface area contributed by atoms with Gasteiger partial charge in [0.1, 0.15) is 17.6 Å². The van der Waals surface area contributed by atoms with E-state index >= 15 is 0 Å². The molecule has 0 saturated carbocycles. The van der Waals surface area contributed by atoms with E-state index in [4.69, 9.17) is 4.74 Å². The predicted octanol–water partition coefficient (Wildman–Crippen LogP) is 3.47. The van der Waals surface area contributed by atoms with E-state index in [-0.39, 0.29) is 18.1 Å². The molecule has 1 aliphatic heterocycles. The molecule has 0 saturated heterocycles. The van der Waals surface area contributed by atoms with Gasteiger partial charge >= 0.3 is 0 Å². The summed E-state index contributed by atoms with van der Waals surface area (Å²) in [6, 6.07) is 1.54. The summed E-state index contributed by atoms with van der Waals surface area (Å²) in [7, 11) is 0. The molecule has 2 rings (SSSR count). The zero-order valence-electron chi connectivity index (χ0n) is 12.3. The maximum atomic E-state index is 11.0. The van der Waals surface area contributed by atoms with E-state index in [1.54, 1.807) is 6.07 Å². The number of benzene rings is 1. The molecule has 1 atom stereocenters. The number of hydrogen-bond acceptors (Lipinski definition) is 4. The van der Waals surface area contributed by atoms with E-state index in [0.29, 0.717) is 40.9 Å². The molecule has 112 valence electrons. The third-order valence-electron chi connectivity index (χ3n) is 3.72. The second kappa shape index (κ2) is 6.17. The third kappa shape index (κ3) is 2.87. The van der Waals surface area contributed by atoms with Gasteiger partial charge in [-0.15, -0.1) is 5.73 Å². The van der Waals surface area contributed by atoms with Crippen LogP contribution >= 0.6 is 0 Å². The molecule has 1 heterocycles. The van der Waals surface area contributed by atoms with Crippen LogP contribution in [0.2, 0.25) is 0 Å². The fourth-order valence-corrected chi connectivity index (χ4v) is 2.56. The van der Waals surface area contributed by atoms with Gasteiger partial charge in [0.05, 0.1) is 12.2 Å². The minimum Gasteiger partial charge on any atom is -0.507 e. The van der Waals surface area contributed by atoms with Crippen molar-refractivity contribution in [2.75, 3.05) is 0 Å². The number of phenolic OH excluding ortho intramolecular Hbond substituents is 2. The van der Waals surface area contributed by atoms with Crippen LogP contribution < -0.4 is 0 Å². The first-order valence-corrected chi connectivity index (χ1v) is 7.03. The van der Waals surface area contributed by atoms with E-state index in [1.807, 2.05) is 0 Å². The molecule has 4 heteroatoms. The summed E-state index contributed by atoms with van der Waals surface area (Å²) in [5, 5.41) is 20.7. The van der Waals surface area contributed by atoms with Crippen molar-refractivity contribution >= 4 is 11.9 Å². The van der Waals surface area contributed by atoms with Crippen LogP contribution in [0, 0.1) is 5.92 Å². The summed E-state index contributed by atoms with van der Waals surface area (Å²) in [5.74, 6) is 0.351. The first-order chi connectivity index (χ1) is 9.99.